The minimum absolute atomic E-state index is 0.250. The molecule has 0 fully saturated rings. The smallest absolute Gasteiger partial charge is 0.338 e. The molecule has 1 aromatic rings. The van der Waals surface area contributed by atoms with E-state index in [1.54, 1.807) is 24.3 Å². The number of esters is 1. The molecule has 1 aliphatic heterocycles. The first kappa shape index (κ1) is 13.8. The highest BCUT2D eigenvalue weighted by molar-refractivity contribution is 6.13. The summed E-state index contributed by atoms with van der Waals surface area (Å²) in [5, 5.41) is 10.7. The molecule has 1 unspecified atom stereocenters. The van der Waals surface area contributed by atoms with Gasteiger partial charge >= 0.3 is 5.97 Å². The summed E-state index contributed by atoms with van der Waals surface area (Å²) in [4.78, 5) is 25.4. The maximum absolute atomic E-state index is 12.3. The molecule has 1 N–H and O–H groups in total. The van der Waals surface area contributed by atoms with Gasteiger partial charge in [0.1, 0.15) is 0 Å². The van der Waals surface area contributed by atoms with E-state index >= 15 is 0 Å². The molecule has 0 saturated heterocycles. The Labute approximate surface area is 116 Å². The highest BCUT2D eigenvalue weighted by atomic mass is 16.5. The number of terminal acetylenes is 1. The summed E-state index contributed by atoms with van der Waals surface area (Å²) in [5.74, 6) is 0.584. The number of para-hydroxylation sites is 1. The predicted octanol–water partition coefficient (Wildman–Crippen LogP) is 0.583. The van der Waals surface area contributed by atoms with E-state index in [0.29, 0.717) is 11.3 Å². The number of hydrogen-bond acceptors (Lipinski definition) is 4. The van der Waals surface area contributed by atoms with Gasteiger partial charge in [-0.3, -0.25) is 4.79 Å². The third-order valence-corrected chi connectivity index (χ3v) is 3.24. The highest BCUT2D eigenvalue weighted by Gasteiger charge is 2.52. The Bertz CT molecular complexity index is 644. The average Bonchev–Trinajstić information content (AvgIpc) is 2.67. The molecule has 5 heteroatoms. The Hall–Kier alpha value is -2.58. The number of aliphatic hydroxyl groups is 1. The second kappa shape index (κ2) is 4.83. The molecule has 1 atom stereocenters. The lowest BCUT2D eigenvalue weighted by Crippen LogP contribution is -2.42. The van der Waals surface area contributed by atoms with Crippen molar-refractivity contribution in [2.45, 2.75) is 5.60 Å². The van der Waals surface area contributed by atoms with E-state index in [4.69, 9.17) is 11.2 Å². The summed E-state index contributed by atoms with van der Waals surface area (Å²) in [6.07, 6.45) is 4.99. The Balaban J connectivity index is 2.45. The van der Waals surface area contributed by atoms with Crippen LogP contribution in [0.3, 0.4) is 0 Å². The fourth-order valence-corrected chi connectivity index (χ4v) is 2.17. The average molecular weight is 271 g/mol. The molecule has 20 heavy (non-hydrogen) atoms. The van der Waals surface area contributed by atoms with Crippen LogP contribution in [-0.4, -0.2) is 30.6 Å². The number of hydrogen-bond donors (Lipinski definition) is 1. The van der Waals surface area contributed by atoms with Gasteiger partial charge in [-0.1, -0.05) is 30.7 Å². The predicted molar refractivity (Wildman–Crippen MR) is 72.7 cm³/mol. The van der Waals surface area contributed by atoms with Crippen LogP contribution in [-0.2, 0) is 19.9 Å². The third-order valence-electron chi connectivity index (χ3n) is 3.24. The van der Waals surface area contributed by atoms with Crippen LogP contribution >= 0.6 is 0 Å². The van der Waals surface area contributed by atoms with Crippen LogP contribution in [0.15, 0.2) is 36.4 Å². The first-order valence-electron chi connectivity index (χ1n) is 5.84. The van der Waals surface area contributed by atoms with E-state index in [0.717, 1.165) is 0 Å². The molecule has 5 nitrogen and oxygen atoms in total. The van der Waals surface area contributed by atoms with Crippen LogP contribution in [0.4, 0.5) is 5.69 Å². The number of ether oxygens (including phenoxy) is 1. The summed E-state index contributed by atoms with van der Waals surface area (Å²) >= 11 is 0. The molecule has 0 bridgehead atoms. The monoisotopic (exact) mass is 271 g/mol. The topological polar surface area (TPSA) is 66.8 Å². The minimum atomic E-state index is -2.11. The van der Waals surface area contributed by atoms with Gasteiger partial charge in [-0.2, -0.15) is 0 Å². The Kier molecular flexibility index (Phi) is 3.35. The van der Waals surface area contributed by atoms with E-state index in [9.17, 15) is 14.7 Å². The van der Waals surface area contributed by atoms with E-state index in [-0.39, 0.29) is 12.2 Å². The van der Waals surface area contributed by atoms with Gasteiger partial charge in [0.15, 0.2) is 6.61 Å². The molecule has 1 heterocycles. The van der Waals surface area contributed by atoms with Crippen molar-refractivity contribution in [1.82, 2.24) is 0 Å². The van der Waals surface area contributed by atoms with Crippen molar-refractivity contribution in [2.75, 3.05) is 18.6 Å². The summed E-state index contributed by atoms with van der Waals surface area (Å²) in [5.41, 5.74) is -1.65. The van der Waals surface area contributed by atoms with Gasteiger partial charge in [-0.05, 0) is 6.07 Å². The maximum atomic E-state index is 12.3. The first-order chi connectivity index (χ1) is 9.44. The number of carbonyl (C=O) groups excluding carboxylic acids is 2. The molecule has 0 saturated carbocycles. The molecule has 102 valence electrons. The summed E-state index contributed by atoms with van der Waals surface area (Å²) < 4.78 is 4.72. The number of anilines is 1. The van der Waals surface area contributed by atoms with Crippen molar-refractivity contribution in [2.24, 2.45) is 0 Å². The summed E-state index contributed by atoms with van der Waals surface area (Å²) in [6, 6.07) is 6.63. The molecule has 1 amide bonds. The quantitative estimate of drug-likeness (QED) is 0.496. The third kappa shape index (κ3) is 1.78. The molecule has 1 aliphatic rings. The Morgan fingerprint density at radius 2 is 2.20 bits per heavy atom. The van der Waals surface area contributed by atoms with E-state index in [1.165, 1.54) is 11.9 Å². The standard InChI is InChI=1S/C15H13NO4/c1-4-9-20-13(17)10(2)15(19)11-7-5-6-8-12(11)16(3)14(15)18/h1,5-8,19H,2,9H2,3H3. The van der Waals surface area contributed by atoms with Gasteiger partial charge in [-0.25, -0.2) is 4.79 Å². The zero-order valence-corrected chi connectivity index (χ0v) is 10.9. The zero-order valence-electron chi connectivity index (χ0n) is 10.9. The first-order valence-corrected chi connectivity index (χ1v) is 5.84. The molecule has 0 radical (unpaired) electrons. The van der Waals surface area contributed by atoms with Crippen molar-refractivity contribution < 1.29 is 19.4 Å². The second-order valence-corrected chi connectivity index (χ2v) is 4.35. The lowest BCUT2D eigenvalue weighted by atomic mass is 9.88. The van der Waals surface area contributed by atoms with Gasteiger partial charge in [0.05, 0.1) is 11.3 Å². The summed E-state index contributed by atoms with van der Waals surface area (Å²) in [6.45, 7) is 3.25. The van der Waals surface area contributed by atoms with Gasteiger partial charge in [0, 0.05) is 12.6 Å². The zero-order chi connectivity index (χ0) is 14.9. The Morgan fingerprint density at radius 3 is 2.85 bits per heavy atom. The number of amides is 1. The van der Waals surface area contributed by atoms with Crippen molar-refractivity contribution in [3.63, 3.8) is 0 Å². The maximum Gasteiger partial charge on any atom is 0.338 e. The van der Waals surface area contributed by atoms with Crippen molar-refractivity contribution in [3.05, 3.63) is 42.0 Å². The summed E-state index contributed by atoms with van der Waals surface area (Å²) in [7, 11) is 1.51. The number of nitrogens with zero attached hydrogens (tertiary/aromatic N) is 1. The van der Waals surface area contributed by atoms with Gasteiger partial charge < -0.3 is 14.7 Å². The van der Waals surface area contributed by atoms with Crippen molar-refractivity contribution >= 4 is 17.6 Å². The van der Waals surface area contributed by atoms with Crippen LogP contribution in [0.2, 0.25) is 0 Å². The van der Waals surface area contributed by atoms with Gasteiger partial charge in [0.2, 0.25) is 5.60 Å². The van der Waals surface area contributed by atoms with E-state index in [1.807, 2.05) is 0 Å². The van der Waals surface area contributed by atoms with Gasteiger partial charge in [0.25, 0.3) is 5.91 Å². The molecule has 1 aromatic carbocycles. The fourth-order valence-electron chi connectivity index (χ4n) is 2.17. The highest BCUT2D eigenvalue weighted by Crippen LogP contribution is 2.43. The lowest BCUT2D eigenvalue weighted by Gasteiger charge is -2.22. The van der Waals surface area contributed by atoms with Crippen LogP contribution < -0.4 is 4.90 Å². The normalized spacial score (nSPS) is 20.2. The van der Waals surface area contributed by atoms with E-state index < -0.39 is 17.5 Å². The van der Waals surface area contributed by atoms with Crippen LogP contribution in [0.5, 0.6) is 0 Å². The fraction of sp³-hybridized carbons (Fsp3) is 0.200. The lowest BCUT2D eigenvalue weighted by molar-refractivity contribution is -0.145. The molecule has 2 rings (SSSR count). The molecular formula is C15H13NO4. The number of rotatable bonds is 3. The molecule has 0 aromatic heterocycles. The molecular weight excluding hydrogens is 258 g/mol. The van der Waals surface area contributed by atoms with Crippen molar-refractivity contribution in [3.8, 4) is 12.3 Å². The van der Waals surface area contributed by atoms with Crippen LogP contribution in [0, 0.1) is 12.3 Å². The van der Waals surface area contributed by atoms with Crippen LogP contribution in [0.1, 0.15) is 5.56 Å². The second-order valence-electron chi connectivity index (χ2n) is 4.35. The van der Waals surface area contributed by atoms with E-state index in [2.05, 4.69) is 12.5 Å². The van der Waals surface area contributed by atoms with Gasteiger partial charge in [-0.15, -0.1) is 6.42 Å². The van der Waals surface area contributed by atoms with Crippen molar-refractivity contribution in [1.29, 1.82) is 0 Å². The molecule has 0 aliphatic carbocycles. The van der Waals surface area contributed by atoms with Crippen LogP contribution in [0.25, 0.3) is 0 Å². The SMILES string of the molecule is C#CCOC(=O)C(=C)C1(O)C(=O)N(C)c2ccccc21. The largest absolute Gasteiger partial charge is 0.449 e. The molecule has 0 spiro atoms. The number of benzene rings is 1. The number of carbonyl (C=O) groups is 2. The minimum Gasteiger partial charge on any atom is -0.449 e. The number of likely N-dealkylation sites (N-methyl/N-ethyl adjacent to an activating group) is 1. The number of fused-ring (bicyclic) bond motifs is 1. The Morgan fingerprint density at radius 1 is 1.55 bits per heavy atom.